The minimum atomic E-state index is 0.359. The number of aromatic nitrogens is 3. The molecule has 5 heteroatoms. The summed E-state index contributed by atoms with van der Waals surface area (Å²) in [6.07, 6.45) is 0. The molecule has 0 aliphatic rings. The Bertz CT molecular complexity index is 828. The number of aryl methyl sites for hydroxylation is 2. The Morgan fingerprint density at radius 1 is 1.14 bits per heavy atom. The van der Waals surface area contributed by atoms with Crippen molar-refractivity contribution < 1.29 is 4.74 Å². The molecule has 0 saturated heterocycles. The fourth-order valence-corrected chi connectivity index (χ4v) is 2.12. The molecule has 0 bridgehead atoms. The van der Waals surface area contributed by atoms with Gasteiger partial charge in [-0.15, -0.1) is 0 Å². The molecule has 0 fully saturated rings. The predicted molar refractivity (Wildman–Crippen MR) is 78.7 cm³/mol. The molecular formula is C16H14N4O. The van der Waals surface area contributed by atoms with Gasteiger partial charge in [-0.3, -0.25) is 0 Å². The summed E-state index contributed by atoms with van der Waals surface area (Å²) in [6, 6.07) is 13.1. The highest BCUT2D eigenvalue weighted by Gasteiger charge is 2.09. The number of benzene rings is 1. The zero-order valence-electron chi connectivity index (χ0n) is 11.9. The number of rotatable bonds is 3. The van der Waals surface area contributed by atoms with E-state index in [1.807, 2.05) is 30.7 Å². The molecule has 21 heavy (non-hydrogen) atoms. The number of nitrogens with zero attached hydrogens (tertiary/aromatic N) is 4. The molecule has 0 aliphatic heterocycles. The number of fused-ring (bicyclic) bond motifs is 1. The quantitative estimate of drug-likeness (QED) is 0.739. The van der Waals surface area contributed by atoms with Crippen LogP contribution in [0, 0.1) is 18.3 Å². The SMILES string of the molecule is Cc1ccc2c(n1)nc(COc1ccc(C#N)cc1)n2C. The summed E-state index contributed by atoms with van der Waals surface area (Å²) >= 11 is 0. The van der Waals surface area contributed by atoms with E-state index in [0.717, 1.165) is 22.7 Å². The molecule has 0 unspecified atom stereocenters. The second kappa shape index (κ2) is 5.25. The minimum Gasteiger partial charge on any atom is -0.486 e. The molecule has 2 aromatic heterocycles. The van der Waals surface area contributed by atoms with Gasteiger partial charge in [-0.25, -0.2) is 9.97 Å². The van der Waals surface area contributed by atoms with Crippen LogP contribution >= 0.6 is 0 Å². The molecule has 5 nitrogen and oxygen atoms in total. The van der Waals surface area contributed by atoms with Crippen LogP contribution in [0.15, 0.2) is 36.4 Å². The van der Waals surface area contributed by atoms with Crippen molar-refractivity contribution in [3.05, 3.63) is 53.5 Å². The molecule has 0 spiro atoms. The second-order valence-electron chi connectivity index (χ2n) is 4.81. The Morgan fingerprint density at radius 2 is 1.90 bits per heavy atom. The standard InChI is InChI=1S/C16H14N4O/c1-11-3-8-14-16(18-11)19-15(20(14)2)10-21-13-6-4-12(9-17)5-7-13/h3-8H,10H2,1-2H3. The smallest absolute Gasteiger partial charge is 0.178 e. The first-order chi connectivity index (χ1) is 10.2. The maximum absolute atomic E-state index is 8.76. The van der Waals surface area contributed by atoms with Crippen molar-refractivity contribution >= 4 is 11.2 Å². The zero-order chi connectivity index (χ0) is 14.8. The van der Waals surface area contributed by atoms with E-state index in [1.54, 1.807) is 24.3 Å². The van der Waals surface area contributed by atoms with Crippen LogP contribution in [0.2, 0.25) is 0 Å². The van der Waals surface area contributed by atoms with E-state index in [4.69, 9.17) is 10.00 Å². The van der Waals surface area contributed by atoms with Gasteiger partial charge in [-0.2, -0.15) is 5.26 Å². The molecule has 3 aromatic rings. The largest absolute Gasteiger partial charge is 0.486 e. The number of hydrogen-bond donors (Lipinski definition) is 0. The van der Waals surface area contributed by atoms with Crippen molar-refractivity contribution in [2.75, 3.05) is 0 Å². The summed E-state index contributed by atoms with van der Waals surface area (Å²) in [7, 11) is 1.95. The van der Waals surface area contributed by atoms with Gasteiger partial charge in [0.1, 0.15) is 18.2 Å². The summed E-state index contributed by atoms with van der Waals surface area (Å²) in [6.45, 7) is 2.30. The predicted octanol–water partition coefficient (Wildman–Crippen LogP) is 2.73. The first-order valence-corrected chi connectivity index (χ1v) is 6.59. The van der Waals surface area contributed by atoms with Crippen LogP contribution in [-0.2, 0) is 13.7 Å². The molecule has 1 aromatic carbocycles. The molecule has 0 saturated carbocycles. The normalized spacial score (nSPS) is 10.5. The van der Waals surface area contributed by atoms with Crippen LogP contribution in [0.4, 0.5) is 0 Å². The van der Waals surface area contributed by atoms with Gasteiger partial charge in [0.05, 0.1) is 17.1 Å². The van der Waals surface area contributed by atoms with Crippen molar-refractivity contribution in [1.29, 1.82) is 5.26 Å². The van der Waals surface area contributed by atoms with Gasteiger partial charge >= 0.3 is 0 Å². The number of hydrogen-bond acceptors (Lipinski definition) is 4. The van der Waals surface area contributed by atoms with Crippen molar-refractivity contribution in [3.8, 4) is 11.8 Å². The molecule has 0 atom stereocenters. The van der Waals surface area contributed by atoms with E-state index in [-0.39, 0.29) is 0 Å². The summed E-state index contributed by atoms with van der Waals surface area (Å²) in [5.41, 5.74) is 3.28. The molecular weight excluding hydrogens is 264 g/mol. The molecule has 104 valence electrons. The molecule has 0 amide bonds. The van der Waals surface area contributed by atoms with E-state index in [1.165, 1.54) is 0 Å². The lowest BCUT2D eigenvalue weighted by Crippen LogP contribution is -2.03. The lowest BCUT2D eigenvalue weighted by atomic mass is 10.2. The fourth-order valence-electron chi connectivity index (χ4n) is 2.12. The Hall–Kier alpha value is -2.87. The van der Waals surface area contributed by atoms with E-state index < -0.39 is 0 Å². The van der Waals surface area contributed by atoms with Gasteiger partial charge in [0.15, 0.2) is 5.65 Å². The Balaban J connectivity index is 1.81. The van der Waals surface area contributed by atoms with Crippen molar-refractivity contribution in [2.45, 2.75) is 13.5 Å². The molecule has 2 heterocycles. The summed E-state index contributed by atoms with van der Waals surface area (Å²) in [4.78, 5) is 8.91. The van der Waals surface area contributed by atoms with Crippen LogP contribution in [0.5, 0.6) is 5.75 Å². The van der Waals surface area contributed by atoms with Crippen molar-refractivity contribution in [3.63, 3.8) is 0 Å². The van der Waals surface area contributed by atoms with Gasteiger partial charge in [-0.1, -0.05) is 0 Å². The van der Waals surface area contributed by atoms with Crippen LogP contribution in [0.25, 0.3) is 11.2 Å². The minimum absolute atomic E-state index is 0.359. The average molecular weight is 278 g/mol. The van der Waals surface area contributed by atoms with Gasteiger partial charge < -0.3 is 9.30 Å². The Kier molecular flexibility index (Phi) is 3.28. The average Bonchev–Trinajstić information content (AvgIpc) is 2.81. The van der Waals surface area contributed by atoms with Crippen LogP contribution in [0.3, 0.4) is 0 Å². The van der Waals surface area contributed by atoms with Crippen LogP contribution in [0.1, 0.15) is 17.1 Å². The summed E-state index contributed by atoms with van der Waals surface area (Å²) in [5, 5.41) is 8.76. The topological polar surface area (TPSA) is 63.7 Å². The molecule has 0 radical (unpaired) electrons. The van der Waals surface area contributed by atoms with E-state index >= 15 is 0 Å². The highest BCUT2D eigenvalue weighted by atomic mass is 16.5. The highest BCUT2D eigenvalue weighted by molar-refractivity contribution is 5.71. The summed E-state index contributed by atoms with van der Waals surface area (Å²) < 4.78 is 7.69. The monoisotopic (exact) mass is 278 g/mol. The first kappa shape index (κ1) is 13.1. The van der Waals surface area contributed by atoms with Crippen molar-refractivity contribution in [2.24, 2.45) is 7.05 Å². The number of imidazole rings is 1. The zero-order valence-corrected chi connectivity index (χ0v) is 11.9. The Labute approximate surface area is 122 Å². The third-order valence-electron chi connectivity index (χ3n) is 3.33. The maximum Gasteiger partial charge on any atom is 0.178 e. The number of ether oxygens (including phenoxy) is 1. The maximum atomic E-state index is 8.76. The van der Waals surface area contributed by atoms with Crippen molar-refractivity contribution in [1.82, 2.24) is 14.5 Å². The third-order valence-corrected chi connectivity index (χ3v) is 3.33. The molecule has 0 aliphatic carbocycles. The molecule has 3 rings (SSSR count). The van der Waals surface area contributed by atoms with E-state index in [9.17, 15) is 0 Å². The number of pyridine rings is 1. The lowest BCUT2D eigenvalue weighted by Gasteiger charge is -2.06. The number of nitriles is 1. The lowest BCUT2D eigenvalue weighted by molar-refractivity contribution is 0.292. The second-order valence-corrected chi connectivity index (χ2v) is 4.81. The van der Waals surface area contributed by atoms with Crippen LogP contribution < -0.4 is 4.74 Å². The van der Waals surface area contributed by atoms with Gasteiger partial charge in [-0.05, 0) is 43.3 Å². The molecule has 0 N–H and O–H groups in total. The van der Waals surface area contributed by atoms with Crippen LogP contribution in [-0.4, -0.2) is 14.5 Å². The summed E-state index contributed by atoms with van der Waals surface area (Å²) in [5.74, 6) is 1.53. The fraction of sp³-hybridized carbons (Fsp3) is 0.188. The van der Waals surface area contributed by atoms with Gasteiger partial charge in [0, 0.05) is 12.7 Å². The Morgan fingerprint density at radius 3 is 2.62 bits per heavy atom. The highest BCUT2D eigenvalue weighted by Crippen LogP contribution is 2.17. The first-order valence-electron chi connectivity index (χ1n) is 6.59. The van der Waals surface area contributed by atoms with Gasteiger partial charge in [0.25, 0.3) is 0 Å². The van der Waals surface area contributed by atoms with Gasteiger partial charge in [0.2, 0.25) is 0 Å². The van der Waals surface area contributed by atoms with E-state index in [2.05, 4.69) is 16.0 Å². The van der Waals surface area contributed by atoms with E-state index in [0.29, 0.717) is 17.9 Å². The third kappa shape index (κ3) is 2.56.